The number of allylic oxidation sites excluding steroid dienone is 1. The monoisotopic (exact) mass is 350 g/mol. The summed E-state index contributed by atoms with van der Waals surface area (Å²) in [5.41, 5.74) is 1.32. The van der Waals surface area contributed by atoms with E-state index in [-0.39, 0.29) is 34.6 Å². The molecule has 72 valence electrons. The Hall–Kier alpha value is 0.400. The molecule has 2 aliphatic rings. The third-order valence-electron chi connectivity index (χ3n) is 2.71. The van der Waals surface area contributed by atoms with E-state index in [4.69, 9.17) is 9.47 Å². The van der Waals surface area contributed by atoms with E-state index in [1.165, 1.54) is 5.57 Å². The number of ether oxygens (including phenoxy) is 2. The number of hydrogen-bond donors (Lipinski definition) is 0. The summed E-state index contributed by atoms with van der Waals surface area (Å²) in [6.45, 7) is 0. The van der Waals surface area contributed by atoms with Crippen molar-refractivity contribution in [2.24, 2.45) is 5.92 Å². The summed E-state index contributed by atoms with van der Waals surface area (Å²) in [6, 6.07) is 0. The molecule has 0 heterocycles. The Morgan fingerprint density at radius 3 is 2.58 bits per heavy atom. The van der Waals surface area contributed by atoms with E-state index < -0.39 is 0 Å². The molecule has 3 atom stereocenters. The van der Waals surface area contributed by atoms with Crippen molar-refractivity contribution in [2.75, 3.05) is 14.2 Å². The second-order valence-electron chi connectivity index (χ2n) is 3.23. The standard InChI is InChI=1S/C9H13O2.Au/c1-10-8-6-3-4-7(5-6)9(8)11-2;/h6,8-9H,3,5H2,1-2H3;/q-1;+1. The van der Waals surface area contributed by atoms with Gasteiger partial charge in [-0.2, -0.15) is 6.42 Å². The Morgan fingerprint density at radius 2 is 2.08 bits per heavy atom. The molecule has 12 heavy (non-hydrogen) atoms. The van der Waals surface area contributed by atoms with Crippen molar-refractivity contribution in [2.45, 2.75) is 25.0 Å². The van der Waals surface area contributed by atoms with E-state index >= 15 is 0 Å². The van der Waals surface area contributed by atoms with E-state index in [0.29, 0.717) is 5.92 Å². The molecule has 2 aliphatic carbocycles. The van der Waals surface area contributed by atoms with Crippen molar-refractivity contribution in [3.8, 4) is 0 Å². The second kappa shape index (κ2) is 4.07. The number of rotatable bonds is 2. The average molecular weight is 350 g/mol. The topological polar surface area (TPSA) is 18.5 Å². The van der Waals surface area contributed by atoms with E-state index in [9.17, 15) is 0 Å². The summed E-state index contributed by atoms with van der Waals surface area (Å²) < 4.78 is 10.7. The van der Waals surface area contributed by atoms with Crippen molar-refractivity contribution in [3.63, 3.8) is 0 Å². The maximum Gasteiger partial charge on any atom is 1.00 e. The van der Waals surface area contributed by atoms with Crippen LogP contribution in [0.25, 0.3) is 0 Å². The van der Waals surface area contributed by atoms with E-state index in [0.717, 1.165) is 12.8 Å². The molecule has 2 nitrogen and oxygen atoms in total. The van der Waals surface area contributed by atoms with E-state index in [2.05, 4.69) is 6.08 Å². The number of methoxy groups -OCH3 is 2. The van der Waals surface area contributed by atoms with Gasteiger partial charge in [0.15, 0.2) is 0 Å². The number of fused-ring (bicyclic) bond motifs is 2. The SMILES string of the molecule is COC1C2=[C-]CC(C2)C1OC.[Au+]. The maximum absolute atomic E-state index is 5.36. The van der Waals surface area contributed by atoms with Crippen LogP contribution in [-0.4, -0.2) is 26.4 Å². The zero-order valence-corrected chi connectivity index (χ0v) is 9.43. The molecule has 0 radical (unpaired) electrons. The molecule has 2 bridgehead atoms. The first-order chi connectivity index (χ1) is 5.36. The fourth-order valence-electron chi connectivity index (χ4n) is 2.18. The molecule has 0 N–H and O–H groups in total. The van der Waals surface area contributed by atoms with E-state index in [1.807, 2.05) is 0 Å². The van der Waals surface area contributed by atoms with Gasteiger partial charge in [-0.05, 0) is 5.92 Å². The fraction of sp³-hybridized carbons (Fsp3) is 0.778. The molecule has 3 heteroatoms. The predicted octanol–water partition coefficient (Wildman–Crippen LogP) is 1.17. The van der Waals surface area contributed by atoms with Gasteiger partial charge in [-0.1, -0.05) is 6.42 Å². The maximum atomic E-state index is 5.36. The Labute approximate surface area is 88.8 Å². The second-order valence-corrected chi connectivity index (χ2v) is 3.23. The normalized spacial score (nSPS) is 37.8. The van der Waals surface area contributed by atoms with Crippen molar-refractivity contribution < 1.29 is 31.9 Å². The first kappa shape index (κ1) is 10.5. The van der Waals surface area contributed by atoms with Gasteiger partial charge in [0.1, 0.15) is 0 Å². The quantitative estimate of drug-likeness (QED) is 0.550. The summed E-state index contributed by atoms with van der Waals surface area (Å²) >= 11 is 0. The smallest absolute Gasteiger partial charge is 0.494 e. The van der Waals surface area contributed by atoms with Crippen molar-refractivity contribution in [1.82, 2.24) is 0 Å². The minimum Gasteiger partial charge on any atom is -0.494 e. The molecule has 0 spiro atoms. The summed E-state index contributed by atoms with van der Waals surface area (Å²) in [6.07, 6.45) is 6.01. The van der Waals surface area contributed by atoms with E-state index in [1.54, 1.807) is 14.2 Å². The Morgan fingerprint density at radius 1 is 1.33 bits per heavy atom. The molecule has 0 aliphatic heterocycles. The molecule has 1 saturated carbocycles. The molecule has 3 unspecified atom stereocenters. The summed E-state index contributed by atoms with van der Waals surface area (Å²) in [5.74, 6) is 0.639. The third-order valence-corrected chi connectivity index (χ3v) is 2.71. The largest absolute Gasteiger partial charge is 1.00 e. The van der Waals surface area contributed by atoms with Crippen LogP contribution in [0.15, 0.2) is 5.57 Å². The zero-order valence-electron chi connectivity index (χ0n) is 7.26. The van der Waals surface area contributed by atoms with Crippen LogP contribution in [0.2, 0.25) is 0 Å². The van der Waals surface area contributed by atoms with Gasteiger partial charge in [-0.3, -0.25) is 0 Å². The summed E-state index contributed by atoms with van der Waals surface area (Å²) in [4.78, 5) is 0. The molecule has 2 rings (SSSR count). The van der Waals surface area contributed by atoms with Gasteiger partial charge >= 0.3 is 22.4 Å². The van der Waals surface area contributed by atoms with Crippen LogP contribution in [-0.2, 0) is 31.9 Å². The first-order valence-corrected chi connectivity index (χ1v) is 4.02. The molecule has 0 amide bonds. The fourth-order valence-corrected chi connectivity index (χ4v) is 2.18. The van der Waals surface area contributed by atoms with Crippen LogP contribution in [0.4, 0.5) is 0 Å². The molecule has 0 aromatic carbocycles. The van der Waals surface area contributed by atoms with Crippen LogP contribution < -0.4 is 0 Å². The van der Waals surface area contributed by atoms with Gasteiger partial charge in [0.25, 0.3) is 0 Å². The summed E-state index contributed by atoms with van der Waals surface area (Å²) in [5, 5.41) is 0. The summed E-state index contributed by atoms with van der Waals surface area (Å²) in [7, 11) is 3.50. The van der Waals surface area contributed by atoms with Gasteiger partial charge < -0.3 is 15.5 Å². The molecular formula is C9H13AuO2. The van der Waals surface area contributed by atoms with Crippen LogP contribution in [0.1, 0.15) is 12.8 Å². The van der Waals surface area contributed by atoms with Crippen LogP contribution in [0.3, 0.4) is 0 Å². The minimum atomic E-state index is 0. The molecule has 0 aromatic heterocycles. The van der Waals surface area contributed by atoms with Crippen molar-refractivity contribution in [1.29, 1.82) is 0 Å². The third kappa shape index (κ3) is 1.42. The number of hydrogen-bond acceptors (Lipinski definition) is 2. The molecule has 0 saturated heterocycles. The Balaban J connectivity index is 0.000000720. The van der Waals surface area contributed by atoms with Crippen molar-refractivity contribution >= 4 is 0 Å². The van der Waals surface area contributed by atoms with Gasteiger partial charge in [-0.25, -0.2) is 5.57 Å². The van der Waals surface area contributed by atoms with Gasteiger partial charge in [0.2, 0.25) is 0 Å². The molecule has 1 fully saturated rings. The van der Waals surface area contributed by atoms with Crippen molar-refractivity contribution in [3.05, 3.63) is 11.6 Å². The van der Waals surface area contributed by atoms with Crippen LogP contribution >= 0.6 is 0 Å². The zero-order chi connectivity index (χ0) is 7.84. The van der Waals surface area contributed by atoms with Gasteiger partial charge in [-0.15, -0.1) is 0 Å². The Bertz CT molecular complexity index is 191. The Kier molecular flexibility index (Phi) is 3.56. The predicted molar refractivity (Wildman–Crippen MR) is 41.1 cm³/mol. The minimum absolute atomic E-state index is 0. The molecular weight excluding hydrogens is 337 g/mol. The first-order valence-electron chi connectivity index (χ1n) is 4.02. The van der Waals surface area contributed by atoms with Gasteiger partial charge in [0.05, 0.1) is 12.2 Å². The molecule has 0 aromatic rings. The average Bonchev–Trinajstić information content (AvgIpc) is 2.60. The van der Waals surface area contributed by atoms with Gasteiger partial charge in [0, 0.05) is 14.2 Å². The van der Waals surface area contributed by atoms with Crippen LogP contribution in [0.5, 0.6) is 0 Å². The van der Waals surface area contributed by atoms with Crippen LogP contribution in [0, 0.1) is 12.0 Å².